The van der Waals surface area contributed by atoms with Crippen molar-refractivity contribution in [1.82, 2.24) is 9.78 Å². The first-order valence-electron chi connectivity index (χ1n) is 8.13. The molecule has 1 saturated carbocycles. The molecule has 1 aliphatic rings. The first-order valence-corrected chi connectivity index (χ1v) is 8.13. The van der Waals surface area contributed by atoms with E-state index >= 15 is 0 Å². The number of rotatable bonds is 5. The Kier molecular flexibility index (Phi) is 5.61. The normalized spacial score (nSPS) is 21.1. The minimum absolute atomic E-state index is 0.161. The third-order valence-electron chi connectivity index (χ3n) is 4.80. The molecule has 0 radical (unpaired) electrons. The van der Waals surface area contributed by atoms with Crippen LogP contribution in [0.4, 0.5) is 0 Å². The summed E-state index contributed by atoms with van der Waals surface area (Å²) in [5, 5.41) is 15.3. The molecule has 0 spiro atoms. The second-order valence-corrected chi connectivity index (χ2v) is 6.22. The van der Waals surface area contributed by atoms with Crippen molar-refractivity contribution in [3.8, 4) is 0 Å². The summed E-state index contributed by atoms with van der Waals surface area (Å²) in [5.41, 5.74) is 6.88. The van der Waals surface area contributed by atoms with Gasteiger partial charge in [-0.25, -0.2) is 0 Å². The molecule has 1 atom stereocenters. The molecular weight excluding hydrogens is 250 g/mol. The average molecular weight is 279 g/mol. The Labute approximate surface area is 122 Å². The molecule has 4 heteroatoms. The van der Waals surface area contributed by atoms with Gasteiger partial charge in [-0.2, -0.15) is 5.10 Å². The molecule has 1 aliphatic carbocycles. The lowest BCUT2D eigenvalue weighted by molar-refractivity contribution is 0.00235. The van der Waals surface area contributed by atoms with Gasteiger partial charge in [0.25, 0.3) is 0 Å². The highest BCUT2D eigenvalue weighted by Gasteiger charge is 2.38. The first-order chi connectivity index (χ1) is 9.73. The predicted octanol–water partition coefficient (Wildman–Crippen LogP) is 3.02. The summed E-state index contributed by atoms with van der Waals surface area (Å²) in [4.78, 5) is 0. The Morgan fingerprint density at radius 1 is 1.30 bits per heavy atom. The molecule has 0 aliphatic heterocycles. The van der Waals surface area contributed by atoms with Gasteiger partial charge in [0.05, 0.1) is 5.69 Å². The van der Waals surface area contributed by atoms with Crippen molar-refractivity contribution in [2.24, 2.45) is 11.1 Å². The van der Waals surface area contributed by atoms with Gasteiger partial charge in [0, 0.05) is 24.7 Å². The van der Waals surface area contributed by atoms with Crippen LogP contribution in [0.2, 0.25) is 0 Å². The average Bonchev–Trinajstić information content (AvgIpc) is 2.87. The van der Waals surface area contributed by atoms with E-state index in [1.807, 2.05) is 10.7 Å². The monoisotopic (exact) mass is 279 g/mol. The number of hydrogen-bond donors (Lipinski definition) is 2. The summed E-state index contributed by atoms with van der Waals surface area (Å²) in [7, 11) is 0. The highest BCUT2D eigenvalue weighted by Crippen LogP contribution is 2.43. The fourth-order valence-corrected chi connectivity index (χ4v) is 3.49. The van der Waals surface area contributed by atoms with Crippen LogP contribution in [0.3, 0.4) is 0 Å². The van der Waals surface area contributed by atoms with Crippen molar-refractivity contribution in [3.05, 3.63) is 18.0 Å². The van der Waals surface area contributed by atoms with Gasteiger partial charge in [0.2, 0.25) is 0 Å². The lowest BCUT2D eigenvalue weighted by Gasteiger charge is -2.38. The maximum Gasteiger partial charge on any atom is 0.102 e. The molecule has 114 valence electrons. The maximum absolute atomic E-state index is 11.0. The largest absolute Gasteiger partial charge is 0.386 e. The van der Waals surface area contributed by atoms with Gasteiger partial charge in [-0.3, -0.25) is 4.68 Å². The summed E-state index contributed by atoms with van der Waals surface area (Å²) in [6.07, 6.45) is 10.6. The Hall–Kier alpha value is -0.870. The molecule has 4 nitrogen and oxygen atoms in total. The van der Waals surface area contributed by atoms with E-state index in [2.05, 4.69) is 12.0 Å². The van der Waals surface area contributed by atoms with Crippen LogP contribution in [-0.4, -0.2) is 21.4 Å². The topological polar surface area (TPSA) is 64.1 Å². The quantitative estimate of drug-likeness (QED) is 0.871. The summed E-state index contributed by atoms with van der Waals surface area (Å²) in [5.74, 6) is 0. The Balaban J connectivity index is 2.21. The van der Waals surface area contributed by atoms with Crippen molar-refractivity contribution in [2.75, 3.05) is 6.54 Å². The summed E-state index contributed by atoms with van der Waals surface area (Å²) in [6, 6.07) is 1.95. The third-order valence-corrected chi connectivity index (χ3v) is 4.80. The van der Waals surface area contributed by atoms with E-state index in [1.165, 1.54) is 32.1 Å². The van der Waals surface area contributed by atoms with Crippen molar-refractivity contribution in [3.63, 3.8) is 0 Å². The van der Waals surface area contributed by atoms with Gasteiger partial charge >= 0.3 is 0 Å². The Morgan fingerprint density at radius 2 is 1.95 bits per heavy atom. The number of aryl methyl sites for hydroxylation is 1. The molecule has 0 bridgehead atoms. The van der Waals surface area contributed by atoms with E-state index in [1.54, 1.807) is 6.20 Å². The molecule has 1 aromatic heterocycles. The Morgan fingerprint density at radius 3 is 2.55 bits per heavy atom. The maximum atomic E-state index is 11.0. The molecule has 1 heterocycles. The zero-order chi connectivity index (χ0) is 14.4. The molecule has 0 amide bonds. The van der Waals surface area contributed by atoms with Crippen LogP contribution in [0, 0.1) is 5.41 Å². The number of nitrogens with zero attached hydrogens (tertiary/aromatic N) is 2. The van der Waals surface area contributed by atoms with Crippen LogP contribution in [0.15, 0.2) is 12.3 Å². The molecule has 1 fully saturated rings. The second kappa shape index (κ2) is 7.23. The molecule has 1 unspecified atom stereocenters. The first kappa shape index (κ1) is 15.5. The van der Waals surface area contributed by atoms with E-state index in [9.17, 15) is 5.11 Å². The lowest BCUT2D eigenvalue weighted by atomic mass is 9.71. The molecule has 0 aromatic carbocycles. The summed E-state index contributed by atoms with van der Waals surface area (Å²) in [6.45, 7) is 3.55. The number of aliphatic hydroxyl groups excluding tert-OH is 1. The second-order valence-electron chi connectivity index (χ2n) is 6.22. The van der Waals surface area contributed by atoms with Crippen molar-refractivity contribution in [1.29, 1.82) is 0 Å². The van der Waals surface area contributed by atoms with Crippen molar-refractivity contribution >= 4 is 0 Å². The molecule has 3 N–H and O–H groups in total. The van der Waals surface area contributed by atoms with Crippen LogP contribution in [0.1, 0.15) is 70.1 Å². The van der Waals surface area contributed by atoms with Crippen molar-refractivity contribution < 1.29 is 5.11 Å². The van der Waals surface area contributed by atoms with E-state index < -0.39 is 6.10 Å². The fraction of sp³-hybridized carbons (Fsp3) is 0.812. The van der Waals surface area contributed by atoms with E-state index in [0.717, 1.165) is 31.5 Å². The predicted molar refractivity (Wildman–Crippen MR) is 81.3 cm³/mol. The molecule has 20 heavy (non-hydrogen) atoms. The van der Waals surface area contributed by atoms with Gasteiger partial charge in [-0.15, -0.1) is 0 Å². The van der Waals surface area contributed by atoms with Crippen LogP contribution < -0.4 is 5.73 Å². The minimum Gasteiger partial charge on any atom is -0.386 e. The number of aromatic nitrogens is 2. The van der Waals surface area contributed by atoms with Crippen LogP contribution >= 0.6 is 0 Å². The SMILES string of the molecule is CCCn1nccc1C(O)C1(CN)CCCCCCC1. The third kappa shape index (κ3) is 3.23. The van der Waals surface area contributed by atoms with Gasteiger partial charge in [0.15, 0.2) is 0 Å². The molecule has 1 aromatic rings. The van der Waals surface area contributed by atoms with Crippen LogP contribution in [-0.2, 0) is 6.54 Å². The standard InChI is InChI=1S/C16H29N3O/c1-2-12-19-14(8-11-18-19)15(20)16(13-17)9-6-4-3-5-7-10-16/h8,11,15,20H,2-7,9-10,12-13,17H2,1H3. The number of nitrogens with two attached hydrogens (primary N) is 1. The van der Waals surface area contributed by atoms with Crippen molar-refractivity contribution in [2.45, 2.75) is 70.9 Å². The van der Waals surface area contributed by atoms with Gasteiger partial charge in [0.1, 0.15) is 6.10 Å². The summed E-state index contributed by atoms with van der Waals surface area (Å²) >= 11 is 0. The lowest BCUT2D eigenvalue weighted by Crippen LogP contribution is -2.38. The van der Waals surface area contributed by atoms with Gasteiger partial charge in [-0.1, -0.05) is 39.0 Å². The van der Waals surface area contributed by atoms with Gasteiger partial charge < -0.3 is 10.8 Å². The van der Waals surface area contributed by atoms with Gasteiger partial charge in [-0.05, 0) is 25.3 Å². The summed E-state index contributed by atoms with van der Waals surface area (Å²) < 4.78 is 1.95. The molecule has 0 saturated heterocycles. The van der Waals surface area contributed by atoms with Crippen LogP contribution in [0.5, 0.6) is 0 Å². The molecule has 2 rings (SSSR count). The van der Waals surface area contributed by atoms with E-state index in [4.69, 9.17) is 5.73 Å². The Bertz CT molecular complexity index is 394. The molecular formula is C16H29N3O. The number of aliphatic hydroxyl groups is 1. The highest BCUT2D eigenvalue weighted by atomic mass is 16.3. The smallest absolute Gasteiger partial charge is 0.102 e. The van der Waals surface area contributed by atoms with E-state index in [-0.39, 0.29) is 5.41 Å². The van der Waals surface area contributed by atoms with Crippen LogP contribution in [0.25, 0.3) is 0 Å². The zero-order valence-corrected chi connectivity index (χ0v) is 12.7. The number of hydrogen-bond acceptors (Lipinski definition) is 3. The highest BCUT2D eigenvalue weighted by molar-refractivity contribution is 5.10. The zero-order valence-electron chi connectivity index (χ0n) is 12.7. The minimum atomic E-state index is -0.486. The van der Waals surface area contributed by atoms with E-state index in [0.29, 0.717) is 6.54 Å². The fourth-order valence-electron chi connectivity index (χ4n) is 3.49.